The fourth-order valence-corrected chi connectivity index (χ4v) is 9.58. The van der Waals surface area contributed by atoms with Crippen molar-refractivity contribution in [2.45, 2.75) is 55.4 Å². The van der Waals surface area contributed by atoms with E-state index >= 15 is 0 Å². The molecular weight excluding hydrogens is 785 g/mol. The van der Waals surface area contributed by atoms with Gasteiger partial charge in [0.2, 0.25) is 0 Å². The van der Waals surface area contributed by atoms with Gasteiger partial charge >= 0.3 is 0 Å². The van der Waals surface area contributed by atoms with Crippen LogP contribution < -0.4 is 0 Å². The molecule has 0 aliphatic heterocycles. The first-order valence-electron chi connectivity index (χ1n) is 21.8. The molecule has 7 aromatic carbocycles. The van der Waals surface area contributed by atoms with Crippen molar-refractivity contribution in [1.29, 1.82) is 0 Å². The second-order valence-electron chi connectivity index (χ2n) is 17.3. The Morgan fingerprint density at radius 2 is 0.750 bits per heavy atom. The SMILES string of the molecule is Cc1ccc2c(c1)c1cc(C)ccc1n2-c1ccc(-c2cccc(-c3ccc(-n4c5ccc(C)cc5c5cc(C)ccc54)c(-c4nc(C)nc(C)n4)c3)c2)c(-c2nc(C)nc(C)n2)c1. The number of aromatic nitrogens is 8. The number of rotatable bonds is 6. The van der Waals surface area contributed by atoms with Crippen molar-refractivity contribution in [1.82, 2.24) is 39.0 Å². The number of hydrogen-bond acceptors (Lipinski definition) is 6. The topological polar surface area (TPSA) is 87.2 Å². The average Bonchev–Trinajstić information content (AvgIpc) is 3.76. The molecule has 0 bridgehead atoms. The van der Waals surface area contributed by atoms with E-state index in [9.17, 15) is 0 Å². The molecule has 11 aromatic rings. The molecule has 310 valence electrons. The lowest BCUT2D eigenvalue weighted by Gasteiger charge is -2.17. The number of nitrogens with zero attached hydrogens (tertiary/aromatic N) is 8. The zero-order valence-corrected chi connectivity index (χ0v) is 37.3. The van der Waals surface area contributed by atoms with E-state index < -0.39 is 0 Å². The Morgan fingerprint density at radius 1 is 0.312 bits per heavy atom. The van der Waals surface area contributed by atoms with E-state index in [4.69, 9.17) is 19.9 Å². The molecule has 0 N–H and O–H groups in total. The van der Waals surface area contributed by atoms with Crippen LogP contribution in [0.25, 0.3) is 100 Å². The third kappa shape index (κ3) is 6.61. The van der Waals surface area contributed by atoms with Gasteiger partial charge in [0, 0.05) is 38.4 Å². The smallest absolute Gasteiger partial charge is 0.165 e. The minimum absolute atomic E-state index is 0.640. The molecule has 0 fully saturated rings. The molecule has 0 amide bonds. The second-order valence-corrected chi connectivity index (χ2v) is 17.3. The molecule has 0 unspecified atom stereocenters. The lowest BCUT2D eigenvalue weighted by Crippen LogP contribution is -2.03. The van der Waals surface area contributed by atoms with E-state index in [1.165, 1.54) is 43.8 Å². The maximum atomic E-state index is 4.94. The van der Waals surface area contributed by atoms with Crippen molar-refractivity contribution in [3.8, 4) is 56.4 Å². The normalized spacial score (nSPS) is 11.8. The number of aryl methyl sites for hydroxylation is 8. The van der Waals surface area contributed by atoms with Crippen molar-refractivity contribution in [3.05, 3.63) is 179 Å². The van der Waals surface area contributed by atoms with Gasteiger partial charge in [0.15, 0.2) is 11.6 Å². The highest BCUT2D eigenvalue weighted by Gasteiger charge is 2.21. The molecule has 0 spiro atoms. The Balaban J connectivity index is 1.10. The molecular formula is C56H46N8. The van der Waals surface area contributed by atoms with Gasteiger partial charge in [-0.3, -0.25) is 0 Å². The van der Waals surface area contributed by atoms with Crippen LogP contribution in [-0.4, -0.2) is 39.0 Å². The van der Waals surface area contributed by atoms with Crippen LogP contribution >= 0.6 is 0 Å². The quantitative estimate of drug-likeness (QED) is 0.166. The van der Waals surface area contributed by atoms with E-state index in [1.807, 2.05) is 27.7 Å². The van der Waals surface area contributed by atoms with Crippen molar-refractivity contribution < 1.29 is 0 Å². The monoisotopic (exact) mass is 830 g/mol. The van der Waals surface area contributed by atoms with E-state index in [2.05, 4.69) is 180 Å². The Morgan fingerprint density at radius 3 is 1.25 bits per heavy atom. The van der Waals surface area contributed by atoms with Gasteiger partial charge in [-0.1, -0.05) is 76.9 Å². The van der Waals surface area contributed by atoms with Crippen LogP contribution in [0.5, 0.6) is 0 Å². The van der Waals surface area contributed by atoms with Gasteiger partial charge in [0.25, 0.3) is 0 Å². The highest BCUT2D eigenvalue weighted by atomic mass is 15.0. The summed E-state index contributed by atoms with van der Waals surface area (Å²) in [6, 6.07) is 48.9. The van der Waals surface area contributed by atoms with Crippen molar-refractivity contribution in [3.63, 3.8) is 0 Å². The Hall–Kier alpha value is -7.84. The van der Waals surface area contributed by atoms with Gasteiger partial charge in [-0.2, -0.15) is 0 Å². The van der Waals surface area contributed by atoms with Gasteiger partial charge in [0.1, 0.15) is 23.3 Å². The second kappa shape index (κ2) is 14.9. The molecule has 0 radical (unpaired) electrons. The highest BCUT2D eigenvalue weighted by molar-refractivity contribution is 6.11. The van der Waals surface area contributed by atoms with E-state index in [0.29, 0.717) is 34.9 Å². The van der Waals surface area contributed by atoms with E-state index in [1.54, 1.807) is 0 Å². The summed E-state index contributed by atoms with van der Waals surface area (Å²) in [5.74, 6) is 4.01. The van der Waals surface area contributed by atoms with Crippen LogP contribution in [0.2, 0.25) is 0 Å². The Kier molecular flexibility index (Phi) is 9.10. The Labute approximate surface area is 372 Å². The van der Waals surface area contributed by atoms with Crippen LogP contribution in [0.15, 0.2) is 133 Å². The summed E-state index contributed by atoms with van der Waals surface area (Å²) >= 11 is 0. The van der Waals surface area contributed by atoms with Crippen LogP contribution in [0.4, 0.5) is 0 Å². The van der Waals surface area contributed by atoms with Crippen LogP contribution in [0.3, 0.4) is 0 Å². The maximum Gasteiger partial charge on any atom is 0.165 e. The summed E-state index contributed by atoms with van der Waals surface area (Å²) in [6.07, 6.45) is 0. The summed E-state index contributed by atoms with van der Waals surface area (Å²) in [4.78, 5) is 28.9. The summed E-state index contributed by atoms with van der Waals surface area (Å²) in [7, 11) is 0. The minimum atomic E-state index is 0.640. The minimum Gasteiger partial charge on any atom is -0.309 e. The third-order valence-electron chi connectivity index (χ3n) is 12.4. The molecule has 0 aliphatic rings. The molecule has 8 heteroatoms. The number of benzene rings is 7. The molecule has 64 heavy (non-hydrogen) atoms. The third-order valence-corrected chi connectivity index (χ3v) is 12.4. The number of hydrogen-bond donors (Lipinski definition) is 0. The molecule has 4 heterocycles. The summed E-state index contributed by atoms with van der Waals surface area (Å²) in [5, 5.41) is 4.91. The van der Waals surface area contributed by atoms with E-state index in [0.717, 1.165) is 66.8 Å². The molecule has 8 nitrogen and oxygen atoms in total. The predicted octanol–water partition coefficient (Wildman–Crippen LogP) is 13.4. The van der Waals surface area contributed by atoms with Crippen molar-refractivity contribution >= 4 is 43.6 Å². The first-order chi connectivity index (χ1) is 30.9. The molecule has 0 aliphatic carbocycles. The lowest BCUT2D eigenvalue weighted by atomic mass is 9.94. The van der Waals surface area contributed by atoms with Crippen LogP contribution in [-0.2, 0) is 0 Å². The fourth-order valence-electron chi connectivity index (χ4n) is 9.58. The van der Waals surface area contributed by atoms with Gasteiger partial charge in [0.05, 0.1) is 27.8 Å². The molecule has 0 atom stereocenters. The van der Waals surface area contributed by atoms with E-state index in [-0.39, 0.29) is 0 Å². The highest BCUT2D eigenvalue weighted by Crippen LogP contribution is 2.41. The van der Waals surface area contributed by atoms with Crippen LogP contribution in [0, 0.1) is 55.4 Å². The Bertz CT molecular complexity index is 3560. The lowest BCUT2D eigenvalue weighted by molar-refractivity contribution is 0.926. The van der Waals surface area contributed by atoms with Gasteiger partial charge in [-0.15, -0.1) is 0 Å². The van der Waals surface area contributed by atoms with Crippen LogP contribution in [0.1, 0.15) is 45.6 Å². The number of fused-ring (bicyclic) bond motifs is 6. The molecule has 4 aromatic heterocycles. The maximum absolute atomic E-state index is 4.94. The first-order valence-corrected chi connectivity index (χ1v) is 21.8. The molecule has 11 rings (SSSR count). The summed E-state index contributed by atoms with van der Waals surface area (Å²) < 4.78 is 4.72. The van der Waals surface area contributed by atoms with Gasteiger partial charge in [-0.25, -0.2) is 29.9 Å². The van der Waals surface area contributed by atoms with Crippen molar-refractivity contribution in [2.24, 2.45) is 0 Å². The fraction of sp³-hybridized carbons (Fsp3) is 0.143. The van der Waals surface area contributed by atoms with Gasteiger partial charge < -0.3 is 9.13 Å². The molecule has 0 saturated heterocycles. The standard InChI is InChI=1S/C56H46N8/c1-31-12-19-50-44(24-31)45-25-32(2)13-20-51(45)63(50)42-17-18-43(48(30-42)55-59-35(5)57-36(6)60-55)41-11-9-10-39(28-41)40-16-23-54(49(29-40)56-61-37(7)58-38(8)62-56)64-52-21-14-33(3)26-46(52)47-27-34(4)15-22-53(47)64/h9-30H,1-8H3. The zero-order chi connectivity index (χ0) is 44.0. The largest absolute Gasteiger partial charge is 0.309 e. The predicted molar refractivity (Wildman–Crippen MR) is 262 cm³/mol. The summed E-state index contributed by atoms with van der Waals surface area (Å²) in [6.45, 7) is 16.3. The molecule has 0 saturated carbocycles. The first kappa shape index (κ1) is 39.0. The van der Waals surface area contributed by atoms with Crippen molar-refractivity contribution in [2.75, 3.05) is 0 Å². The zero-order valence-electron chi connectivity index (χ0n) is 37.3. The summed E-state index contributed by atoms with van der Waals surface area (Å²) in [5.41, 5.74) is 17.6. The average molecular weight is 831 g/mol. The van der Waals surface area contributed by atoms with Gasteiger partial charge in [-0.05, 0) is 157 Å².